The summed E-state index contributed by atoms with van der Waals surface area (Å²) in [4.78, 5) is 50.5. The van der Waals surface area contributed by atoms with Crippen molar-refractivity contribution >= 4 is 29.4 Å². The van der Waals surface area contributed by atoms with Gasteiger partial charge in [-0.15, -0.1) is 0 Å². The lowest BCUT2D eigenvalue weighted by molar-refractivity contribution is -0.137. The largest absolute Gasteiger partial charge is 0.481 e. The monoisotopic (exact) mass is 652 g/mol. The maximum Gasteiger partial charge on any atom is 0.305 e. The van der Waals surface area contributed by atoms with Crippen molar-refractivity contribution in [1.29, 1.82) is 0 Å². The lowest BCUT2D eigenvalue weighted by Gasteiger charge is -2.20. The van der Waals surface area contributed by atoms with E-state index < -0.39 is 23.8 Å². The minimum Gasteiger partial charge on any atom is -0.481 e. The van der Waals surface area contributed by atoms with Gasteiger partial charge >= 0.3 is 5.97 Å². The quantitative estimate of drug-likeness (QED) is 0.162. The van der Waals surface area contributed by atoms with Crippen LogP contribution in [0.3, 0.4) is 0 Å². The van der Waals surface area contributed by atoms with E-state index >= 15 is 0 Å². The van der Waals surface area contributed by atoms with Gasteiger partial charge in [0.05, 0.1) is 12.0 Å². The molecule has 2 amide bonds. The summed E-state index contributed by atoms with van der Waals surface area (Å²) in [6.07, 6.45) is 3.12. The van der Waals surface area contributed by atoms with E-state index in [4.69, 9.17) is 21.2 Å². The zero-order valence-electron chi connectivity index (χ0n) is 26.0. The standard InChI is InChI=1S/C35H33ClN6O5/c1-35(2,3)26-13-11-23(12-14-26)32(45)40-28(33(46)37-16-15-29(43)44)17-21-7-9-22(10-8-21)30-38-19-25(20-39-30)34-41-31(42-47-34)24-5-4-6-27(36)18-24/h4-14,18-20,28H,15-17H2,1-3H3,(H,37,46)(H,40,45)(H,43,44). The fourth-order valence-electron chi connectivity index (χ4n) is 4.69. The van der Waals surface area contributed by atoms with E-state index in [1.54, 1.807) is 42.7 Å². The number of nitrogens with zero attached hydrogens (tertiary/aromatic N) is 4. The number of benzene rings is 3. The number of aliphatic carboxylic acids is 1. The molecule has 5 aromatic rings. The second-order valence-corrected chi connectivity index (χ2v) is 12.4. The van der Waals surface area contributed by atoms with Gasteiger partial charge in [-0.25, -0.2) is 9.97 Å². The van der Waals surface area contributed by atoms with Gasteiger partial charge in [-0.1, -0.05) is 86.1 Å². The summed E-state index contributed by atoms with van der Waals surface area (Å²) in [7, 11) is 0. The minimum absolute atomic E-state index is 0.0569. The molecule has 1 atom stereocenters. The molecule has 1 unspecified atom stereocenters. The lowest BCUT2D eigenvalue weighted by Crippen LogP contribution is -2.48. The molecule has 11 nitrogen and oxygen atoms in total. The number of rotatable bonds is 11. The summed E-state index contributed by atoms with van der Waals surface area (Å²) in [5.74, 6) is -0.796. The zero-order chi connectivity index (χ0) is 33.6. The van der Waals surface area contributed by atoms with E-state index in [0.717, 1.165) is 22.3 Å². The first-order chi connectivity index (χ1) is 22.5. The van der Waals surface area contributed by atoms with Crippen molar-refractivity contribution in [2.45, 2.75) is 45.1 Å². The molecule has 0 spiro atoms. The van der Waals surface area contributed by atoms with Gasteiger partial charge in [0.2, 0.25) is 11.7 Å². The first kappa shape index (κ1) is 33.0. The average Bonchev–Trinajstić information content (AvgIpc) is 3.55. The van der Waals surface area contributed by atoms with E-state index in [1.807, 2.05) is 42.5 Å². The van der Waals surface area contributed by atoms with Crippen LogP contribution in [0.2, 0.25) is 5.02 Å². The third-order valence-corrected chi connectivity index (χ3v) is 7.57. The molecule has 0 radical (unpaired) electrons. The predicted molar refractivity (Wildman–Crippen MR) is 177 cm³/mol. The summed E-state index contributed by atoms with van der Waals surface area (Å²) in [5.41, 5.74) is 4.19. The summed E-state index contributed by atoms with van der Waals surface area (Å²) in [6, 6.07) is 20.7. The van der Waals surface area contributed by atoms with Crippen LogP contribution in [-0.2, 0) is 21.4 Å². The number of carbonyl (C=O) groups excluding carboxylic acids is 2. The normalized spacial score (nSPS) is 11.9. The average molecular weight is 653 g/mol. The maximum absolute atomic E-state index is 13.1. The van der Waals surface area contributed by atoms with Crippen LogP contribution >= 0.6 is 11.6 Å². The predicted octanol–water partition coefficient (Wildman–Crippen LogP) is 5.74. The minimum atomic E-state index is -1.03. The summed E-state index contributed by atoms with van der Waals surface area (Å²) >= 11 is 6.07. The molecule has 5 rings (SSSR count). The SMILES string of the molecule is CC(C)(C)c1ccc(C(=O)NC(Cc2ccc(-c3ncc(-c4nc(-c5cccc(Cl)c5)no4)cn3)cc2)C(=O)NCCC(=O)O)cc1. The first-order valence-corrected chi connectivity index (χ1v) is 15.3. The Balaban J connectivity index is 1.27. The van der Waals surface area contributed by atoms with Crippen molar-refractivity contribution in [2.24, 2.45) is 0 Å². The molecule has 47 heavy (non-hydrogen) atoms. The summed E-state index contributed by atoms with van der Waals surface area (Å²) in [6.45, 7) is 6.20. The number of carbonyl (C=O) groups is 3. The highest BCUT2D eigenvalue weighted by atomic mass is 35.5. The molecule has 0 fully saturated rings. The molecule has 2 aromatic heterocycles. The van der Waals surface area contributed by atoms with E-state index in [0.29, 0.717) is 27.8 Å². The highest BCUT2D eigenvalue weighted by molar-refractivity contribution is 6.30. The number of carboxylic acid groups (broad SMARTS) is 1. The second kappa shape index (κ2) is 14.3. The van der Waals surface area contributed by atoms with Gasteiger partial charge in [0, 0.05) is 47.1 Å². The molecule has 3 N–H and O–H groups in total. The summed E-state index contributed by atoms with van der Waals surface area (Å²) < 4.78 is 5.40. The van der Waals surface area contributed by atoms with Crippen LogP contribution in [0.1, 0.15) is 48.7 Å². The van der Waals surface area contributed by atoms with Gasteiger partial charge in [-0.05, 0) is 40.8 Å². The van der Waals surface area contributed by atoms with Crippen LogP contribution in [-0.4, -0.2) is 55.6 Å². The third-order valence-electron chi connectivity index (χ3n) is 7.33. The highest BCUT2D eigenvalue weighted by Gasteiger charge is 2.23. The van der Waals surface area contributed by atoms with Gasteiger partial charge < -0.3 is 20.3 Å². The third kappa shape index (κ3) is 8.65. The molecule has 0 aliphatic carbocycles. The van der Waals surface area contributed by atoms with E-state index in [9.17, 15) is 14.4 Å². The van der Waals surface area contributed by atoms with E-state index in [-0.39, 0.29) is 30.7 Å². The highest BCUT2D eigenvalue weighted by Crippen LogP contribution is 2.25. The van der Waals surface area contributed by atoms with Crippen molar-refractivity contribution < 1.29 is 24.0 Å². The van der Waals surface area contributed by atoms with Gasteiger partial charge in [0.25, 0.3) is 11.8 Å². The lowest BCUT2D eigenvalue weighted by atomic mass is 9.86. The van der Waals surface area contributed by atoms with Crippen molar-refractivity contribution in [3.05, 3.63) is 107 Å². The molecular weight excluding hydrogens is 620 g/mol. The van der Waals surface area contributed by atoms with Crippen LogP contribution in [0.15, 0.2) is 89.7 Å². The van der Waals surface area contributed by atoms with Crippen LogP contribution in [0.25, 0.3) is 34.2 Å². The molecule has 0 aliphatic heterocycles. The van der Waals surface area contributed by atoms with Crippen LogP contribution in [0.4, 0.5) is 0 Å². The smallest absolute Gasteiger partial charge is 0.305 e. The van der Waals surface area contributed by atoms with Crippen molar-refractivity contribution in [3.8, 4) is 34.2 Å². The Labute approximate surface area is 276 Å². The van der Waals surface area contributed by atoms with Crippen LogP contribution in [0.5, 0.6) is 0 Å². The Hall–Kier alpha value is -5.42. The summed E-state index contributed by atoms with van der Waals surface area (Å²) in [5, 5.41) is 19.0. The fraction of sp³-hybridized carbons (Fsp3) is 0.229. The fourth-order valence-corrected chi connectivity index (χ4v) is 4.88. The van der Waals surface area contributed by atoms with Crippen LogP contribution in [0, 0.1) is 0 Å². The van der Waals surface area contributed by atoms with Gasteiger partial charge in [-0.2, -0.15) is 4.98 Å². The molecule has 2 heterocycles. The second-order valence-electron chi connectivity index (χ2n) is 11.9. The topological polar surface area (TPSA) is 160 Å². The van der Waals surface area contributed by atoms with Gasteiger partial charge in [-0.3, -0.25) is 14.4 Å². The molecule has 240 valence electrons. The zero-order valence-corrected chi connectivity index (χ0v) is 26.8. The Morgan fingerprint density at radius 2 is 1.60 bits per heavy atom. The Kier molecular flexibility index (Phi) is 10.1. The molecule has 0 bridgehead atoms. The van der Waals surface area contributed by atoms with E-state index in [2.05, 4.69) is 51.5 Å². The Bertz CT molecular complexity index is 1870. The van der Waals surface area contributed by atoms with E-state index in [1.165, 1.54) is 0 Å². The number of amides is 2. The van der Waals surface area contributed by atoms with Gasteiger partial charge in [0.15, 0.2) is 5.82 Å². The molecule has 0 saturated carbocycles. The Morgan fingerprint density at radius 1 is 0.894 bits per heavy atom. The number of hydrogen-bond acceptors (Lipinski definition) is 8. The number of aromatic nitrogens is 4. The number of carboxylic acids is 1. The molecule has 3 aromatic carbocycles. The van der Waals surface area contributed by atoms with Crippen molar-refractivity contribution in [1.82, 2.24) is 30.7 Å². The van der Waals surface area contributed by atoms with Crippen LogP contribution < -0.4 is 10.6 Å². The van der Waals surface area contributed by atoms with Crippen molar-refractivity contribution in [3.63, 3.8) is 0 Å². The van der Waals surface area contributed by atoms with Crippen molar-refractivity contribution in [2.75, 3.05) is 6.54 Å². The molecule has 12 heteroatoms. The maximum atomic E-state index is 13.1. The molecule has 0 aliphatic rings. The number of nitrogens with one attached hydrogen (secondary N) is 2. The van der Waals surface area contributed by atoms with Gasteiger partial charge in [0.1, 0.15) is 6.04 Å². The Morgan fingerprint density at radius 3 is 2.23 bits per heavy atom. The number of halogens is 1. The molecule has 0 saturated heterocycles. The molecular formula is C35H33ClN6O5. The first-order valence-electron chi connectivity index (χ1n) is 14.9. The number of hydrogen-bond donors (Lipinski definition) is 3.